The van der Waals surface area contributed by atoms with E-state index in [9.17, 15) is 66.7 Å². The van der Waals surface area contributed by atoms with Crippen LogP contribution in [0.3, 0.4) is 0 Å². The first-order valence-electron chi connectivity index (χ1n) is 8.35. The zero-order valence-electron chi connectivity index (χ0n) is 16.8. The van der Waals surface area contributed by atoms with Gasteiger partial charge in [-0.3, -0.25) is 0 Å². The molecule has 0 aromatic rings. The van der Waals surface area contributed by atoms with Gasteiger partial charge in [-0.25, -0.2) is 9.59 Å². The Hall–Kier alpha value is -2.17. The van der Waals surface area contributed by atoms with Gasteiger partial charge in [-0.05, 0) is 13.8 Å². The largest absolute Gasteiger partial charge is 0.461 e. The zero-order valence-corrected chi connectivity index (χ0v) is 16.8. The van der Waals surface area contributed by atoms with Crippen LogP contribution in [0.2, 0.25) is 0 Å². The standard InChI is InChI=1S/C15H16F13NO4/c1-5(2)33-8(30)7(29-9(31)32-4)6(3)10(16,17)11(18,19)12(20,21)13(22,23)14(24,25)15(26,27)28/h5-7H,1-4H3,(H,29,31). The van der Waals surface area contributed by atoms with Crippen LogP contribution in [0.15, 0.2) is 0 Å². The maximum Gasteiger partial charge on any atom is 0.460 e. The van der Waals surface area contributed by atoms with Crippen molar-refractivity contribution in [3.05, 3.63) is 0 Å². The van der Waals surface area contributed by atoms with Gasteiger partial charge in [0.25, 0.3) is 0 Å². The predicted molar refractivity (Wildman–Crippen MR) is 80.5 cm³/mol. The van der Waals surface area contributed by atoms with Crippen molar-refractivity contribution >= 4 is 12.1 Å². The third-order valence-electron chi connectivity index (χ3n) is 4.09. The van der Waals surface area contributed by atoms with E-state index in [1.165, 1.54) is 5.32 Å². The molecular weight excluding hydrogens is 505 g/mol. The average Bonchev–Trinajstić information content (AvgIpc) is 2.62. The molecule has 18 heteroatoms. The molecule has 0 aromatic heterocycles. The number of esters is 1. The Morgan fingerprint density at radius 2 is 1.09 bits per heavy atom. The molecule has 0 radical (unpaired) electrons. The lowest BCUT2D eigenvalue weighted by Gasteiger charge is -2.42. The van der Waals surface area contributed by atoms with Crippen LogP contribution in [0.25, 0.3) is 0 Å². The van der Waals surface area contributed by atoms with Crippen molar-refractivity contribution in [1.82, 2.24) is 5.32 Å². The minimum atomic E-state index is -8.09. The summed E-state index contributed by atoms with van der Waals surface area (Å²) in [7, 11) is 0.561. The van der Waals surface area contributed by atoms with E-state index in [0.717, 1.165) is 13.8 Å². The van der Waals surface area contributed by atoms with E-state index >= 15 is 0 Å². The molecule has 0 bridgehead atoms. The van der Waals surface area contributed by atoms with Gasteiger partial charge in [-0.15, -0.1) is 0 Å². The second-order valence-electron chi connectivity index (χ2n) is 6.81. The van der Waals surface area contributed by atoms with Crippen LogP contribution in [0.4, 0.5) is 61.9 Å². The summed E-state index contributed by atoms with van der Waals surface area (Å²) in [5.41, 5.74) is 0. The number of ether oxygens (including phenoxy) is 2. The van der Waals surface area contributed by atoms with Crippen molar-refractivity contribution in [1.29, 1.82) is 0 Å². The minimum Gasteiger partial charge on any atom is -0.461 e. The molecule has 33 heavy (non-hydrogen) atoms. The summed E-state index contributed by atoms with van der Waals surface area (Å²) in [5.74, 6) is -43.9. The molecule has 0 saturated heterocycles. The Kier molecular flexibility index (Phi) is 8.62. The second-order valence-corrected chi connectivity index (χ2v) is 6.81. The topological polar surface area (TPSA) is 64.6 Å². The summed E-state index contributed by atoms with van der Waals surface area (Å²) in [5, 5.41) is 1.18. The lowest BCUT2D eigenvalue weighted by atomic mass is 9.84. The number of nitrogens with one attached hydrogen (secondary N) is 1. The van der Waals surface area contributed by atoms with Crippen molar-refractivity contribution in [2.24, 2.45) is 5.92 Å². The average molecular weight is 521 g/mol. The third-order valence-corrected chi connectivity index (χ3v) is 4.09. The first kappa shape index (κ1) is 30.8. The molecule has 5 nitrogen and oxygen atoms in total. The molecule has 0 spiro atoms. The molecule has 1 N–H and O–H groups in total. The van der Waals surface area contributed by atoms with E-state index in [4.69, 9.17) is 0 Å². The molecule has 0 rings (SSSR count). The summed E-state index contributed by atoms with van der Waals surface area (Å²) < 4.78 is 181. The number of carbonyl (C=O) groups excluding carboxylic acids is 2. The van der Waals surface area contributed by atoms with Crippen molar-refractivity contribution in [3.8, 4) is 0 Å². The summed E-state index contributed by atoms with van der Waals surface area (Å²) in [6.07, 6.45) is -10.6. The lowest BCUT2D eigenvalue weighted by Crippen LogP contribution is -2.72. The summed E-state index contributed by atoms with van der Waals surface area (Å²) in [6.45, 7) is 1.95. The van der Waals surface area contributed by atoms with Crippen LogP contribution in [0, 0.1) is 5.92 Å². The Morgan fingerprint density at radius 1 is 0.697 bits per heavy atom. The SMILES string of the molecule is COC(=O)NC(C(=O)OC(C)C)C(C)C(F)(F)C(F)(F)C(F)(F)C(F)(F)C(F)(F)C(F)(F)F. The highest BCUT2D eigenvalue weighted by Gasteiger charge is 2.91. The van der Waals surface area contributed by atoms with Gasteiger partial charge in [0.05, 0.1) is 19.1 Å². The zero-order chi connectivity index (χ0) is 27.0. The number of alkyl halides is 13. The Bertz CT molecular complexity index is 721. The maximum absolute atomic E-state index is 14.3. The van der Waals surface area contributed by atoms with Gasteiger partial charge >= 0.3 is 47.9 Å². The van der Waals surface area contributed by atoms with Crippen LogP contribution in [-0.2, 0) is 14.3 Å². The van der Waals surface area contributed by atoms with Gasteiger partial charge in [0.1, 0.15) is 6.04 Å². The number of methoxy groups -OCH3 is 1. The first-order chi connectivity index (χ1) is 14.3. The summed E-state index contributed by atoms with van der Waals surface area (Å²) >= 11 is 0. The molecule has 0 aromatic carbocycles. The highest BCUT2D eigenvalue weighted by atomic mass is 19.4. The van der Waals surface area contributed by atoms with Gasteiger partial charge in [0.2, 0.25) is 0 Å². The highest BCUT2D eigenvalue weighted by molar-refractivity contribution is 5.81. The third kappa shape index (κ3) is 5.17. The molecule has 0 aliphatic carbocycles. The van der Waals surface area contributed by atoms with Gasteiger partial charge in [-0.2, -0.15) is 57.1 Å². The van der Waals surface area contributed by atoms with Crippen molar-refractivity contribution in [2.75, 3.05) is 7.11 Å². The number of hydrogen-bond donors (Lipinski definition) is 1. The Morgan fingerprint density at radius 3 is 1.42 bits per heavy atom. The second kappa shape index (κ2) is 9.23. The predicted octanol–water partition coefficient (Wildman–Crippen LogP) is 5.04. The van der Waals surface area contributed by atoms with Crippen LogP contribution in [0.1, 0.15) is 20.8 Å². The Balaban J connectivity index is 6.59. The smallest absolute Gasteiger partial charge is 0.460 e. The summed E-state index contributed by atoms with van der Waals surface area (Å²) in [4.78, 5) is 23.1. The van der Waals surface area contributed by atoms with Crippen LogP contribution < -0.4 is 5.32 Å². The van der Waals surface area contributed by atoms with Crippen LogP contribution >= 0.6 is 0 Å². The summed E-state index contributed by atoms with van der Waals surface area (Å²) in [6, 6.07) is -3.03. The fraction of sp³-hybridized carbons (Fsp3) is 0.867. The molecule has 0 fully saturated rings. The molecule has 0 aliphatic rings. The number of rotatable bonds is 9. The van der Waals surface area contributed by atoms with E-state index < -0.39 is 65.9 Å². The molecule has 2 unspecified atom stereocenters. The van der Waals surface area contributed by atoms with Gasteiger partial charge in [-0.1, -0.05) is 6.92 Å². The van der Waals surface area contributed by atoms with E-state index in [-0.39, 0.29) is 6.92 Å². The van der Waals surface area contributed by atoms with E-state index in [2.05, 4.69) is 9.47 Å². The van der Waals surface area contributed by atoms with Gasteiger partial charge in [0.15, 0.2) is 0 Å². The van der Waals surface area contributed by atoms with E-state index in [1.54, 1.807) is 0 Å². The molecule has 0 heterocycles. The lowest BCUT2D eigenvalue weighted by molar-refractivity contribution is -0.443. The molecular formula is C15H16F13NO4. The number of hydrogen-bond acceptors (Lipinski definition) is 4. The van der Waals surface area contributed by atoms with Gasteiger partial charge in [0, 0.05) is 0 Å². The number of carbonyl (C=O) groups is 2. The van der Waals surface area contributed by atoms with Gasteiger partial charge < -0.3 is 14.8 Å². The molecule has 2 atom stereocenters. The fourth-order valence-corrected chi connectivity index (χ4v) is 2.16. The Labute approximate surface area is 176 Å². The normalized spacial score (nSPS) is 16.3. The quantitative estimate of drug-likeness (QED) is 0.342. The minimum absolute atomic E-state index is 0.188. The van der Waals surface area contributed by atoms with Crippen molar-refractivity contribution in [2.45, 2.75) is 68.7 Å². The monoisotopic (exact) mass is 521 g/mol. The maximum atomic E-state index is 14.3. The van der Waals surface area contributed by atoms with Crippen LogP contribution in [-0.4, -0.2) is 67.1 Å². The first-order valence-corrected chi connectivity index (χ1v) is 8.35. The highest BCUT2D eigenvalue weighted by Crippen LogP contribution is 2.61. The number of amides is 1. The molecule has 1 amide bonds. The molecule has 0 aliphatic heterocycles. The molecule has 196 valence electrons. The van der Waals surface area contributed by atoms with E-state index in [1.807, 2.05) is 0 Å². The van der Waals surface area contributed by atoms with Crippen LogP contribution in [0.5, 0.6) is 0 Å². The van der Waals surface area contributed by atoms with Crippen molar-refractivity contribution in [3.63, 3.8) is 0 Å². The van der Waals surface area contributed by atoms with E-state index in [0.29, 0.717) is 7.11 Å². The van der Waals surface area contributed by atoms with Crippen molar-refractivity contribution < 1.29 is 76.1 Å². The number of alkyl carbamates (subject to hydrolysis) is 1. The number of halogens is 13. The molecule has 0 saturated carbocycles. The fourth-order valence-electron chi connectivity index (χ4n) is 2.16.